The fraction of sp³-hybridized carbons (Fsp3) is 0.625. The Labute approximate surface area is 81.5 Å². The fourth-order valence-electron chi connectivity index (χ4n) is 1.05. The number of esters is 1. The van der Waals surface area contributed by atoms with Gasteiger partial charge < -0.3 is 4.74 Å². The molecule has 1 aliphatic carbocycles. The highest BCUT2D eigenvalue weighted by Crippen LogP contribution is 2.52. The van der Waals surface area contributed by atoms with Gasteiger partial charge in [0.15, 0.2) is 0 Å². The Morgan fingerprint density at radius 1 is 1.58 bits per heavy atom. The molecular weight excluding hydrogens is 199 g/mol. The number of hydrogen-bond acceptors (Lipinski definition) is 2. The molecular formula is C8H10Cl2O2. The third-order valence-corrected chi connectivity index (χ3v) is 2.24. The minimum absolute atomic E-state index is 0.00133. The van der Waals surface area contributed by atoms with E-state index in [4.69, 9.17) is 27.9 Å². The van der Waals surface area contributed by atoms with E-state index in [1.807, 2.05) is 13.8 Å². The summed E-state index contributed by atoms with van der Waals surface area (Å²) in [5, 5.41) is 0. The molecule has 1 saturated carbocycles. The summed E-state index contributed by atoms with van der Waals surface area (Å²) in [7, 11) is 0. The van der Waals surface area contributed by atoms with Crippen molar-refractivity contribution in [3.63, 3.8) is 0 Å². The molecule has 1 rings (SSSR count). The summed E-state index contributed by atoms with van der Waals surface area (Å²) in [6.07, 6.45) is 1.93. The number of ether oxygens (including phenoxy) is 1. The van der Waals surface area contributed by atoms with Gasteiger partial charge in [0, 0.05) is 0 Å². The lowest BCUT2D eigenvalue weighted by atomic mass is 10.1. The summed E-state index contributed by atoms with van der Waals surface area (Å²) in [5.41, 5.74) is 0.0870. The van der Waals surface area contributed by atoms with Gasteiger partial charge in [-0.2, -0.15) is 0 Å². The molecule has 0 amide bonds. The van der Waals surface area contributed by atoms with Gasteiger partial charge in [-0.15, -0.1) is 0 Å². The zero-order valence-electron chi connectivity index (χ0n) is 6.93. The second-order valence-electron chi connectivity index (χ2n) is 3.59. The first-order valence-corrected chi connectivity index (χ1v) is 4.41. The Morgan fingerprint density at radius 3 is 2.42 bits per heavy atom. The lowest BCUT2D eigenvalue weighted by Gasteiger charge is -2.00. The Bertz CT molecular complexity index is 229. The molecule has 0 N–H and O–H groups in total. The summed E-state index contributed by atoms with van der Waals surface area (Å²) in [6.45, 7) is 4.04. The Kier molecular flexibility index (Phi) is 2.69. The van der Waals surface area contributed by atoms with Crippen LogP contribution in [0.5, 0.6) is 0 Å². The number of carbonyl (C=O) groups excluding carboxylic acids is 1. The lowest BCUT2D eigenvalue weighted by molar-refractivity contribution is -0.140. The largest absolute Gasteiger partial charge is 0.432 e. The van der Waals surface area contributed by atoms with Gasteiger partial charge in [-0.3, -0.25) is 4.79 Å². The van der Waals surface area contributed by atoms with Crippen LogP contribution in [0.15, 0.2) is 10.8 Å². The van der Waals surface area contributed by atoms with Crippen molar-refractivity contribution in [1.82, 2.24) is 0 Å². The molecule has 0 aromatic heterocycles. The van der Waals surface area contributed by atoms with Gasteiger partial charge in [-0.25, -0.2) is 0 Å². The van der Waals surface area contributed by atoms with Crippen LogP contribution in [0.3, 0.4) is 0 Å². The maximum atomic E-state index is 11.1. The van der Waals surface area contributed by atoms with Crippen molar-refractivity contribution in [1.29, 1.82) is 0 Å². The Morgan fingerprint density at radius 2 is 2.08 bits per heavy atom. The van der Waals surface area contributed by atoms with Crippen molar-refractivity contribution < 1.29 is 9.53 Å². The smallest absolute Gasteiger partial charge is 0.314 e. The van der Waals surface area contributed by atoms with Crippen LogP contribution < -0.4 is 0 Å². The summed E-state index contributed by atoms with van der Waals surface area (Å²) in [5.74, 6) is -0.250. The van der Waals surface area contributed by atoms with Gasteiger partial charge in [-0.1, -0.05) is 37.0 Å². The van der Waals surface area contributed by atoms with E-state index < -0.39 is 0 Å². The van der Waals surface area contributed by atoms with Crippen molar-refractivity contribution in [2.45, 2.75) is 20.3 Å². The third kappa shape index (κ3) is 2.39. The maximum Gasteiger partial charge on any atom is 0.314 e. The van der Waals surface area contributed by atoms with Gasteiger partial charge in [-0.05, 0) is 11.8 Å². The molecule has 2 nitrogen and oxygen atoms in total. The minimum atomic E-state index is -0.251. The van der Waals surface area contributed by atoms with Crippen LogP contribution in [0.25, 0.3) is 0 Å². The molecule has 0 aliphatic heterocycles. The molecule has 0 aromatic rings. The van der Waals surface area contributed by atoms with Crippen LogP contribution in [0.4, 0.5) is 0 Å². The zero-order valence-corrected chi connectivity index (χ0v) is 8.45. The van der Waals surface area contributed by atoms with Crippen molar-refractivity contribution in [2.75, 3.05) is 0 Å². The van der Waals surface area contributed by atoms with Crippen LogP contribution in [0.2, 0.25) is 0 Å². The highest BCUT2D eigenvalue weighted by atomic mass is 35.5. The predicted molar refractivity (Wildman–Crippen MR) is 47.8 cm³/mol. The van der Waals surface area contributed by atoms with Gasteiger partial charge in [0.1, 0.15) is 10.8 Å². The van der Waals surface area contributed by atoms with E-state index in [1.54, 1.807) is 0 Å². The average Bonchev–Trinajstić information content (AvgIpc) is 2.55. The molecule has 0 radical (unpaired) electrons. The molecule has 0 aromatic carbocycles. The van der Waals surface area contributed by atoms with Gasteiger partial charge in [0.2, 0.25) is 0 Å². The molecule has 12 heavy (non-hydrogen) atoms. The number of rotatable bonds is 2. The van der Waals surface area contributed by atoms with E-state index in [0.29, 0.717) is 0 Å². The summed E-state index contributed by atoms with van der Waals surface area (Å²) in [4.78, 5) is 11.1. The van der Waals surface area contributed by atoms with Gasteiger partial charge in [0.05, 0.1) is 5.92 Å². The molecule has 0 saturated heterocycles. The van der Waals surface area contributed by atoms with Crippen molar-refractivity contribution in [3.8, 4) is 0 Å². The summed E-state index contributed by atoms with van der Waals surface area (Å²) >= 11 is 10.5. The molecule has 0 heterocycles. The first-order chi connectivity index (χ1) is 5.43. The van der Waals surface area contributed by atoms with E-state index >= 15 is 0 Å². The quantitative estimate of drug-likeness (QED) is 0.516. The van der Waals surface area contributed by atoms with Crippen LogP contribution in [0, 0.1) is 11.3 Å². The minimum Gasteiger partial charge on any atom is -0.432 e. The van der Waals surface area contributed by atoms with Crippen LogP contribution in [-0.4, -0.2) is 5.97 Å². The Balaban J connectivity index is 2.37. The van der Waals surface area contributed by atoms with Gasteiger partial charge in [0.25, 0.3) is 0 Å². The van der Waals surface area contributed by atoms with Crippen LogP contribution >= 0.6 is 23.2 Å². The van der Waals surface area contributed by atoms with E-state index in [-0.39, 0.29) is 21.8 Å². The van der Waals surface area contributed by atoms with Crippen LogP contribution in [-0.2, 0) is 9.53 Å². The van der Waals surface area contributed by atoms with Crippen LogP contribution in [0.1, 0.15) is 20.3 Å². The zero-order chi connectivity index (χ0) is 9.35. The first kappa shape index (κ1) is 9.87. The molecule has 1 aliphatic rings. The number of carbonyl (C=O) groups is 1. The molecule has 1 unspecified atom stereocenters. The molecule has 0 spiro atoms. The van der Waals surface area contributed by atoms with Crippen molar-refractivity contribution >= 4 is 29.2 Å². The number of hydrogen-bond donors (Lipinski definition) is 0. The van der Waals surface area contributed by atoms with Crippen molar-refractivity contribution in [3.05, 3.63) is 10.8 Å². The van der Waals surface area contributed by atoms with Gasteiger partial charge >= 0.3 is 5.97 Å². The predicted octanol–water partition coefficient (Wildman–Crippen LogP) is 2.85. The third-order valence-electron chi connectivity index (χ3n) is 2.06. The van der Waals surface area contributed by atoms with E-state index in [0.717, 1.165) is 12.7 Å². The highest BCUT2D eigenvalue weighted by molar-refractivity contribution is 6.55. The molecule has 0 bridgehead atoms. The Hall–Kier alpha value is -0.210. The number of halogens is 2. The highest BCUT2D eigenvalue weighted by Gasteiger charge is 2.51. The monoisotopic (exact) mass is 208 g/mol. The average molecular weight is 209 g/mol. The standard InChI is InChI=1S/C8H10Cl2O2/c1-8(2)3-5(8)7(11)12-4-6(9)10/h4-5H,3H2,1-2H3. The molecule has 1 atom stereocenters. The molecule has 4 heteroatoms. The summed E-state index contributed by atoms with van der Waals surface area (Å²) in [6, 6.07) is 0. The molecule has 68 valence electrons. The van der Waals surface area contributed by atoms with E-state index in [2.05, 4.69) is 0 Å². The van der Waals surface area contributed by atoms with E-state index in [9.17, 15) is 4.79 Å². The maximum absolute atomic E-state index is 11.1. The molecule has 1 fully saturated rings. The first-order valence-electron chi connectivity index (χ1n) is 3.65. The second kappa shape index (κ2) is 3.27. The SMILES string of the molecule is CC1(C)CC1C(=O)OC=C(Cl)Cl. The van der Waals surface area contributed by atoms with Crippen molar-refractivity contribution in [2.24, 2.45) is 11.3 Å². The fourth-order valence-corrected chi connectivity index (χ4v) is 1.14. The lowest BCUT2D eigenvalue weighted by Crippen LogP contribution is -2.06. The summed E-state index contributed by atoms with van der Waals surface area (Å²) < 4.78 is 4.66. The second-order valence-corrected chi connectivity index (χ2v) is 4.60. The normalized spacial score (nSPS) is 24.5. The van der Waals surface area contributed by atoms with E-state index in [1.165, 1.54) is 0 Å². The topological polar surface area (TPSA) is 26.3 Å².